The predicted molar refractivity (Wildman–Crippen MR) is 250 cm³/mol. The largest absolute Gasteiger partial charge is 0.497 e. The van der Waals surface area contributed by atoms with Crippen molar-refractivity contribution in [3.05, 3.63) is 154 Å². The van der Waals surface area contributed by atoms with Crippen molar-refractivity contribution >= 4 is 41.6 Å². The maximum atomic E-state index is 14.0. The third-order valence-electron chi connectivity index (χ3n) is 11.2. The van der Waals surface area contributed by atoms with Crippen molar-refractivity contribution in [1.29, 1.82) is 0 Å². The van der Waals surface area contributed by atoms with E-state index in [2.05, 4.69) is 9.65 Å². The van der Waals surface area contributed by atoms with Crippen LogP contribution >= 0.6 is 30.6 Å². The highest BCUT2D eigenvalue weighted by atomic mass is 32.7. The Bertz CT molecular complexity index is 2240. The van der Waals surface area contributed by atoms with Crippen LogP contribution in [0, 0.1) is 6.92 Å². The lowest BCUT2D eigenvalue weighted by atomic mass is 9.80. The van der Waals surface area contributed by atoms with E-state index in [9.17, 15) is 9.59 Å². The van der Waals surface area contributed by atoms with Crippen molar-refractivity contribution in [3.63, 3.8) is 0 Å². The summed E-state index contributed by atoms with van der Waals surface area (Å²) in [5, 5.41) is 0.0239. The Balaban J connectivity index is 1.29. The maximum Gasteiger partial charge on any atom is 0.352 e. The number of nitrogens with two attached hydrogens (primary N) is 1. The van der Waals surface area contributed by atoms with Crippen LogP contribution < -0.4 is 20.9 Å². The first kappa shape index (κ1) is 46.7. The Kier molecular flexibility index (Phi) is 16.4. The highest BCUT2D eigenvalue weighted by Gasteiger charge is 2.57. The summed E-state index contributed by atoms with van der Waals surface area (Å²) >= 11 is 2.97. The fraction of sp³-hybridized carbons (Fsp3) is 0.383. The molecular weight excluding hydrogens is 860 g/mol. The molecule has 16 heteroatoms. The number of nitrogens with zero attached hydrogens (tertiary/aromatic N) is 3. The molecule has 3 heterocycles. The molecule has 63 heavy (non-hydrogen) atoms. The van der Waals surface area contributed by atoms with Crippen molar-refractivity contribution in [2.24, 2.45) is 0 Å². The topological polar surface area (TPSA) is 146 Å². The van der Waals surface area contributed by atoms with Gasteiger partial charge in [-0.2, -0.15) is 4.98 Å². The number of carbonyl (C=O) groups excluding carboxylic acids is 1. The number of nitrogen functional groups attached to an aromatic ring is 1. The quantitative estimate of drug-likeness (QED) is 0.0433. The molecular formula is C47H55N4O9PS2. The first-order valence-electron chi connectivity index (χ1n) is 20.9. The zero-order chi connectivity index (χ0) is 44.2. The predicted octanol–water partition coefficient (Wildman–Crippen LogP) is 7.89. The molecule has 0 aliphatic carbocycles. The number of carbonyl (C=O) groups is 1. The van der Waals surface area contributed by atoms with E-state index in [1.165, 1.54) is 16.3 Å². The molecule has 3 unspecified atom stereocenters. The molecule has 7 rings (SSSR count). The van der Waals surface area contributed by atoms with Gasteiger partial charge in [-0.3, -0.25) is 14.0 Å². The van der Waals surface area contributed by atoms with E-state index >= 15 is 0 Å². The SMILES string of the molecule is COCCOC1(n2cc(C)c(N)nc2=O)CO[C@H](COC(c2ccccc2)(c2ccc(OC)cc2)c2ccc(OC)cc2)C1OP(SCCSC(=O)c1ccccc1)N1CCCC1. The zero-order valence-corrected chi connectivity index (χ0v) is 38.6. The molecule has 0 bridgehead atoms. The number of anilines is 1. The Labute approximate surface area is 378 Å². The van der Waals surface area contributed by atoms with Crippen molar-refractivity contribution < 1.29 is 37.7 Å². The fourth-order valence-electron chi connectivity index (χ4n) is 7.83. The van der Waals surface area contributed by atoms with Crippen LogP contribution in [-0.4, -0.2) is 104 Å². The number of ether oxygens (including phenoxy) is 6. The van der Waals surface area contributed by atoms with Gasteiger partial charge in [-0.1, -0.05) is 108 Å². The number of hydrogen-bond donors (Lipinski definition) is 1. The third kappa shape index (κ3) is 10.6. The standard InChI is InChI=1S/C47H55N4O9PS2/c1-34-31-51(45(53)49-43(34)48)46(58-28-27-54-2)33-57-41(42(46)60-61(50-25-11-12-26-50)63-30-29-62-44(52)35-13-7-5-8-14-35)32-59-47(36-15-9-6-10-16-36,37-17-21-39(55-3)22-18-37)38-19-23-40(56-4)24-20-38/h5-10,13-24,31,41-42H,11-12,25-30,32-33H2,1-4H3,(H2,48,49,53)/t41-,42?,46?,61?/m1/s1. The normalized spacial score (nSPS) is 19.6. The third-order valence-corrected chi connectivity index (χ3v) is 16.4. The highest BCUT2D eigenvalue weighted by Crippen LogP contribution is 2.59. The molecule has 334 valence electrons. The van der Waals surface area contributed by atoms with Gasteiger partial charge in [0.15, 0.2) is 7.50 Å². The molecule has 2 N–H and O–H groups in total. The fourth-order valence-corrected chi connectivity index (χ4v) is 13.2. The van der Waals surface area contributed by atoms with Crippen molar-refractivity contribution in [2.75, 3.05) is 78.1 Å². The van der Waals surface area contributed by atoms with E-state index in [1.54, 1.807) is 45.8 Å². The van der Waals surface area contributed by atoms with Crippen LogP contribution in [-0.2, 0) is 34.8 Å². The average Bonchev–Trinajstić information content (AvgIpc) is 3.99. The molecule has 2 aliphatic rings. The number of aromatic nitrogens is 2. The number of methoxy groups -OCH3 is 3. The molecule has 4 atom stereocenters. The van der Waals surface area contributed by atoms with Gasteiger partial charge in [0.2, 0.25) is 10.8 Å². The van der Waals surface area contributed by atoms with Gasteiger partial charge >= 0.3 is 5.69 Å². The van der Waals surface area contributed by atoms with E-state index in [0.29, 0.717) is 34.1 Å². The summed E-state index contributed by atoms with van der Waals surface area (Å²) in [6.07, 6.45) is 2.06. The summed E-state index contributed by atoms with van der Waals surface area (Å²) in [6, 6.07) is 35.0. The Morgan fingerprint density at radius 1 is 0.857 bits per heavy atom. The second-order valence-corrected chi connectivity index (χ2v) is 19.8. The number of rotatable bonds is 21. The van der Waals surface area contributed by atoms with Crippen molar-refractivity contribution in [1.82, 2.24) is 14.2 Å². The second kappa shape index (κ2) is 22.1. The zero-order valence-electron chi connectivity index (χ0n) is 36.1. The minimum Gasteiger partial charge on any atom is -0.497 e. The van der Waals surface area contributed by atoms with Crippen LogP contribution in [0.4, 0.5) is 5.82 Å². The first-order chi connectivity index (χ1) is 30.7. The van der Waals surface area contributed by atoms with Gasteiger partial charge in [0, 0.05) is 49.0 Å². The molecule has 0 radical (unpaired) electrons. The van der Waals surface area contributed by atoms with Gasteiger partial charge < -0.3 is 38.7 Å². The maximum absolute atomic E-state index is 14.0. The van der Waals surface area contributed by atoms with Crippen LogP contribution in [0.1, 0.15) is 45.5 Å². The summed E-state index contributed by atoms with van der Waals surface area (Å²) in [5.41, 5.74) is 6.78. The van der Waals surface area contributed by atoms with E-state index in [4.69, 9.17) is 38.7 Å². The van der Waals surface area contributed by atoms with E-state index in [0.717, 1.165) is 42.6 Å². The Hall–Kier alpha value is -4.28. The monoisotopic (exact) mass is 914 g/mol. The molecule has 2 fully saturated rings. The van der Waals surface area contributed by atoms with Crippen molar-refractivity contribution in [2.45, 2.75) is 43.3 Å². The van der Waals surface area contributed by atoms with Crippen LogP contribution in [0.25, 0.3) is 0 Å². The first-order valence-corrected chi connectivity index (χ1v) is 24.7. The molecule has 0 saturated carbocycles. The number of thioether (sulfide) groups is 1. The molecule has 13 nitrogen and oxygen atoms in total. The second-order valence-electron chi connectivity index (χ2n) is 15.1. The summed E-state index contributed by atoms with van der Waals surface area (Å²) in [5.74, 6) is 2.76. The van der Waals surface area contributed by atoms with Gasteiger partial charge in [-0.05, 0) is 60.7 Å². The lowest BCUT2D eigenvalue weighted by Gasteiger charge is -2.40. The molecule has 1 aromatic heterocycles. The summed E-state index contributed by atoms with van der Waals surface area (Å²) in [7, 11) is 3.51. The van der Waals surface area contributed by atoms with Crippen LogP contribution in [0.3, 0.4) is 0 Å². The number of aryl methyl sites for hydroxylation is 1. The lowest BCUT2D eigenvalue weighted by molar-refractivity contribution is -0.162. The van der Waals surface area contributed by atoms with E-state index < -0.39 is 36.7 Å². The van der Waals surface area contributed by atoms with E-state index in [-0.39, 0.29) is 37.4 Å². The van der Waals surface area contributed by atoms with E-state index in [1.807, 2.05) is 109 Å². The molecule has 2 saturated heterocycles. The van der Waals surface area contributed by atoms with Gasteiger partial charge in [0.05, 0.1) is 40.6 Å². The average molecular weight is 915 g/mol. The Morgan fingerprint density at radius 2 is 1.46 bits per heavy atom. The van der Waals surface area contributed by atoms with Gasteiger partial charge in [-0.25, -0.2) is 4.79 Å². The van der Waals surface area contributed by atoms with Crippen LogP contribution in [0.2, 0.25) is 0 Å². The number of benzene rings is 4. The van der Waals surface area contributed by atoms with Crippen LogP contribution in [0.15, 0.2) is 120 Å². The van der Waals surface area contributed by atoms with Gasteiger partial charge in [0.25, 0.3) is 0 Å². The molecule has 5 aromatic rings. The molecule has 4 aromatic carbocycles. The van der Waals surface area contributed by atoms with Crippen molar-refractivity contribution in [3.8, 4) is 11.5 Å². The molecule has 2 aliphatic heterocycles. The van der Waals surface area contributed by atoms with Gasteiger partial charge in [-0.15, -0.1) is 0 Å². The minimum absolute atomic E-state index is 0.0123. The highest BCUT2D eigenvalue weighted by molar-refractivity contribution is 8.53. The van der Waals surface area contributed by atoms with Crippen LogP contribution in [0.5, 0.6) is 11.5 Å². The Morgan fingerprint density at radius 3 is 2.06 bits per heavy atom. The summed E-state index contributed by atoms with van der Waals surface area (Å²) in [4.78, 5) is 31.3. The summed E-state index contributed by atoms with van der Waals surface area (Å²) in [6.45, 7) is 3.82. The molecule has 0 amide bonds. The smallest absolute Gasteiger partial charge is 0.352 e. The summed E-state index contributed by atoms with van der Waals surface area (Å²) < 4.78 is 48.8. The lowest BCUT2D eigenvalue weighted by Crippen LogP contribution is -2.55. The molecule has 0 spiro atoms. The number of hydrogen-bond acceptors (Lipinski definition) is 14. The van der Waals surface area contributed by atoms with Gasteiger partial charge in [0.1, 0.15) is 35.1 Å². The minimum atomic E-state index is -1.50.